The van der Waals surface area contributed by atoms with Crippen molar-refractivity contribution in [1.29, 1.82) is 0 Å². The standard InChI is InChI=1S/C23H27NO6S/c1-3-4-14-29-20-10-7-17(8-11-20)23(26)30-16-22(25)19-9-12-21-18(15-19)6-5-13-24(21)31(2,27)28/h7-12,15H,3-6,13-14,16H2,1-2H3. The number of ketones is 1. The van der Waals surface area contributed by atoms with Gasteiger partial charge in [-0.25, -0.2) is 13.2 Å². The maximum absolute atomic E-state index is 12.5. The van der Waals surface area contributed by atoms with Crippen molar-refractivity contribution in [3.63, 3.8) is 0 Å². The van der Waals surface area contributed by atoms with Crippen LogP contribution >= 0.6 is 0 Å². The molecule has 8 heteroatoms. The van der Waals surface area contributed by atoms with Gasteiger partial charge in [-0.05, 0) is 67.3 Å². The monoisotopic (exact) mass is 445 g/mol. The van der Waals surface area contributed by atoms with Crippen LogP contribution in [0, 0.1) is 0 Å². The van der Waals surface area contributed by atoms with Gasteiger partial charge < -0.3 is 9.47 Å². The summed E-state index contributed by atoms with van der Waals surface area (Å²) in [5, 5.41) is 0. The maximum Gasteiger partial charge on any atom is 0.338 e. The highest BCUT2D eigenvalue weighted by molar-refractivity contribution is 7.92. The van der Waals surface area contributed by atoms with Crippen LogP contribution in [0.5, 0.6) is 5.75 Å². The Hall–Kier alpha value is -2.87. The van der Waals surface area contributed by atoms with Crippen LogP contribution in [0.4, 0.5) is 5.69 Å². The number of carbonyl (C=O) groups is 2. The number of esters is 1. The van der Waals surface area contributed by atoms with Crippen molar-refractivity contribution in [3.8, 4) is 5.75 Å². The molecule has 2 aromatic rings. The quantitative estimate of drug-likeness (QED) is 0.333. The fourth-order valence-corrected chi connectivity index (χ4v) is 4.40. The van der Waals surface area contributed by atoms with Crippen LogP contribution in [0.3, 0.4) is 0 Å². The number of fused-ring (bicyclic) bond motifs is 1. The van der Waals surface area contributed by atoms with Crippen molar-refractivity contribution in [2.24, 2.45) is 0 Å². The third kappa shape index (κ3) is 5.85. The van der Waals surface area contributed by atoms with Gasteiger partial charge in [0.2, 0.25) is 10.0 Å². The molecule has 1 aliphatic rings. The summed E-state index contributed by atoms with van der Waals surface area (Å²) in [6, 6.07) is 11.5. The van der Waals surface area contributed by atoms with E-state index >= 15 is 0 Å². The first-order valence-corrected chi connectivity index (χ1v) is 12.2. The number of hydrogen-bond donors (Lipinski definition) is 0. The molecule has 31 heavy (non-hydrogen) atoms. The van der Waals surface area contributed by atoms with Gasteiger partial charge in [0.05, 0.1) is 24.1 Å². The maximum atomic E-state index is 12.5. The first-order chi connectivity index (χ1) is 14.8. The Morgan fingerprint density at radius 2 is 1.77 bits per heavy atom. The molecule has 0 atom stereocenters. The smallest absolute Gasteiger partial charge is 0.338 e. The van der Waals surface area contributed by atoms with Crippen molar-refractivity contribution in [2.45, 2.75) is 32.6 Å². The molecule has 0 amide bonds. The predicted octanol–water partition coefficient (Wildman–Crippen LogP) is 3.62. The zero-order chi connectivity index (χ0) is 22.4. The molecule has 0 N–H and O–H groups in total. The van der Waals surface area contributed by atoms with Crippen molar-refractivity contribution >= 4 is 27.5 Å². The average molecular weight is 446 g/mol. The third-order valence-electron chi connectivity index (χ3n) is 5.07. The van der Waals surface area contributed by atoms with Crippen LogP contribution in [-0.2, 0) is 21.2 Å². The topological polar surface area (TPSA) is 90.0 Å². The van der Waals surface area contributed by atoms with E-state index in [1.54, 1.807) is 42.5 Å². The Morgan fingerprint density at radius 1 is 1.06 bits per heavy atom. The molecule has 0 aliphatic carbocycles. The molecule has 0 bridgehead atoms. The lowest BCUT2D eigenvalue weighted by Crippen LogP contribution is -2.34. The number of carbonyl (C=O) groups excluding carboxylic acids is 2. The van der Waals surface area contributed by atoms with Crippen LogP contribution in [0.2, 0.25) is 0 Å². The van der Waals surface area contributed by atoms with E-state index in [2.05, 4.69) is 6.92 Å². The molecule has 1 heterocycles. The molecule has 0 saturated heterocycles. The van der Waals surface area contributed by atoms with Crippen molar-refractivity contribution in [2.75, 3.05) is 30.3 Å². The molecule has 0 saturated carbocycles. The molecule has 3 rings (SSSR count). The van der Waals surface area contributed by atoms with E-state index < -0.39 is 16.0 Å². The largest absolute Gasteiger partial charge is 0.494 e. The summed E-state index contributed by atoms with van der Waals surface area (Å²) in [5.41, 5.74) is 2.13. The number of unbranched alkanes of at least 4 members (excludes halogenated alkanes) is 1. The number of rotatable bonds is 9. The summed E-state index contributed by atoms with van der Waals surface area (Å²) in [5.74, 6) is -0.250. The van der Waals surface area contributed by atoms with Crippen LogP contribution in [0.1, 0.15) is 52.5 Å². The van der Waals surface area contributed by atoms with E-state index in [9.17, 15) is 18.0 Å². The third-order valence-corrected chi connectivity index (χ3v) is 6.25. The highest BCUT2D eigenvalue weighted by Gasteiger charge is 2.25. The summed E-state index contributed by atoms with van der Waals surface area (Å²) in [6.07, 6.45) is 4.55. The van der Waals surface area contributed by atoms with E-state index in [-0.39, 0.29) is 12.4 Å². The number of hydrogen-bond acceptors (Lipinski definition) is 6. The number of anilines is 1. The average Bonchev–Trinajstić information content (AvgIpc) is 2.76. The van der Waals surface area contributed by atoms with Crippen LogP contribution in [-0.4, -0.2) is 46.2 Å². The summed E-state index contributed by atoms with van der Waals surface area (Å²) >= 11 is 0. The second kappa shape index (κ2) is 9.96. The molecule has 0 fully saturated rings. The van der Waals surface area contributed by atoms with Gasteiger partial charge in [-0.1, -0.05) is 13.3 Å². The van der Waals surface area contributed by atoms with Gasteiger partial charge in [-0.2, -0.15) is 0 Å². The van der Waals surface area contributed by atoms with E-state index in [1.807, 2.05) is 0 Å². The summed E-state index contributed by atoms with van der Waals surface area (Å²) in [6.45, 7) is 2.75. The van der Waals surface area contributed by atoms with E-state index in [0.29, 0.717) is 48.6 Å². The zero-order valence-corrected chi connectivity index (χ0v) is 18.6. The van der Waals surface area contributed by atoms with Gasteiger partial charge in [0, 0.05) is 12.1 Å². The summed E-state index contributed by atoms with van der Waals surface area (Å²) < 4.78 is 36.0. The Morgan fingerprint density at radius 3 is 2.45 bits per heavy atom. The summed E-state index contributed by atoms with van der Waals surface area (Å²) in [7, 11) is -3.36. The molecule has 1 aliphatic heterocycles. The SMILES string of the molecule is CCCCOc1ccc(C(=O)OCC(=O)c2ccc3c(c2)CCCN3S(C)(=O)=O)cc1. The second-order valence-corrected chi connectivity index (χ2v) is 9.41. The first-order valence-electron chi connectivity index (χ1n) is 10.3. The molecule has 2 aromatic carbocycles. The van der Waals surface area contributed by atoms with Crippen LogP contribution < -0.4 is 9.04 Å². The Balaban J connectivity index is 1.60. The van der Waals surface area contributed by atoms with Crippen molar-refractivity contribution < 1.29 is 27.5 Å². The highest BCUT2D eigenvalue weighted by Crippen LogP contribution is 2.30. The van der Waals surface area contributed by atoms with E-state index in [0.717, 1.165) is 18.4 Å². The fourth-order valence-electron chi connectivity index (χ4n) is 3.40. The molecule has 0 unspecified atom stereocenters. The minimum absolute atomic E-state index is 0.338. The number of nitrogens with zero attached hydrogens (tertiary/aromatic N) is 1. The van der Waals surface area contributed by atoms with Gasteiger partial charge in [0.1, 0.15) is 5.75 Å². The highest BCUT2D eigenvalue weighted by atomic mass is 32.2. The number of ether oxygens (including phenoxy) is 2. The van der Waals surface area contributed by atoms with Crippen LogP contribution in [0.15, 0.2) is 42.5 Å². The Kier molecular flexibility index (Phi) is 7.33. The zero-order valence-electron chi connectivity index (χ0n) is 17.8. The van der Waals surface area contributed by atoms with Gasteiger partial charge in [0.25, 0.3) is 0 Å². The van der Waals surface area contributed by atoms with Crippen molar-refractivity contribution in [3.05, 3.63) is 59.2 Å². The molecule has 0 spiro atoms. The molecule has 166 valence electrons. The lowest BCUT2D eigenvalue weighted by atomic mass is 9.99. The van der Waals surface area contributed by atoms with Crippen molar-refractivity contribution in [1.82, 2.24) is 0 Å². The summed E-state index contributed by atoms with van der Waals surface area (Å²) in [4.78, 5) is 24.8. The molecular weight excluding hydrogens is 418 g/mol. The van der Waals surface area contributed by atoms with Gasteiger partial charge >= 0.3 is 5.97 Å². The number of sulfonamides is 1. The lowest BCUT2D eigenvalue weighted by molar-refractivity contribution is 0.0474. The first kappa shape index (κ1) is 22.8. The minimum Gasteiger partial charge on any atom is -0.494 e. The van der Waals surface area contributed by atoms with Gasteiger partial charge in [0.15, 0.2) is 12.4 Å². The Bertz CT molecular complexity index is 1050. The van der Waals surface area contributed by atoms with E-state index in [1.165, 1.54) is 10.6 Å². The Labute approximate surface area is 183 Å². The number of Topliss-reactive ketones (excluding diaryl/α,β-unsaturated/α-hetero) is 1. The van der Waals surface area contributed by atoms with Gasteiger partial charge in [-0.15, -0.1) is 0 Å². The van der Waals surface area contributed by atoms with E-state index in [4.69, 9.17) is 9.47 Å². The molecule has 0 radical (unpaired) electrons. The van der Waals surface area contributed by atoms with Crippen LogP contribution in [0.25, 0.3) is 0 Å². The molecule has 7 nitrogen and oxygen atoms in total. The number of aryl methyl sites for hydroxylation is 1. The fraction of sp³-hybridized carbons (Fsp3) is 0.391. The van der Waals surface area contributed by atoms with Gasteiger partial charge in [-0.3, -0.25) is 9.10 Å². The molecular formula is C23H27NO6S. The second-order valence-electron chi connectivity index (χ2n) is 7.51. The normalized spacial score (nSPS) is 13.4. The number of benzene rings is 2. The molecule has 0 aromatic heterocycles. The predicted molar refractivity (Wildman–Crippen MR) is 118 cm³/mol. The lowest BCUT2D eigenvalue weighted by Gasteiger charge is -2.29. The minimum atomic E-state index is -3.36.